The van der Waals surface area contributed by atoms with Gasteiger partial charge in [-0.15, -0.1) is 11.3 Å². The second-order valence-corrected chi connectivity index (χ2v) is 7.65. The van der Waals surface area contributed by atoms with Crippen molar-refractivity contribution in [1.29, 1.82) is 0 Å². The van der Waals surface area contributed by atoms with Crippen LogP contribution in [0.3, 0.4) is 0 Å². The van der Waals surface area contributed by atoms with E-state index in [0.29, 0.717) is 6.54 Å². The Labute approximate surface area is 144 Å². The Balaban J connectivity index is 1.96. The molecule has 0 aliphatic heterocycles. The molecule has 1 heterocycles. The van der Waals surface area contributed by atoms with E-state index in [1.165, 1.54) is 0 Å². The highest BCUT2D eigenvalue weighted by Crippen LogP contribution is 2.26. The van der Waals surface area contributed by atoms with Crippen LogP contribution < -0.4 is 5.32 Å². The number of thiazole rings is 1. The molecule has 3 nitrogen and oxygen atoms in total. The lowest BCUT2D eigenvalue weighted by Gasteiger charge is -2.20. The molecule has 0 saturated heterocycles. The molecule has 1 amide bonds. The van der Waals surface area contributed by atoms with Gasteiger partial charge in [0, 0.05) is 22.8 Å². The summed E-state index contributed by atoms with van der Waals surface area (Å²) < 4.78 is 1.03. The zero-order valence-electron chi connectivity index (χ0n) is 13.1. The molecule has 22 heavy (non-hydrogen) atoms. The van der Waals surface area contributed by atoms with Crippen LogP contribution in [0.5, 0.6) is 0 Å². The highest BCUT2D eigenvalue weighted by molar-refractivity contribution is 9.10. The van der Waals surface area contributed by atoms with E-state index in [4.69, 9.17) is 0 Å². The van der Waals surface area contributed by atoms with Gasteiger partial charge in [-0.3, -0.25) is 4.79 Å². The van der Waals surface area contributed by atoms with E-state index >= 15 is 0 Å². The smallest absolute Gasteiger partial charge is 0.227 e. The predicted molar refractivity (Wildman–Crippen MR) is 95.3 cm³/mol. The number of hydrogen-bond donors (Lipinski definition) is 1. The maximum absolute atomic E-state index is 12.5. The maximum atomic E-state index is 12.5. The van der Waals surface area contributed by atoms with Gasteiger partial charge in [0.05, 0.1) is 16.6 Å². The number of nitrogens with one attached hydrogen (secondary N) is 1. The SMILES string of the molecule is Cc1nc(CCNC(=O)C(c2ccc(Br)cc2)C(C)C)cs1. The summed E-state index contributed by atoms with van der Waals surface area (Å²) in [7, 11) is 0. The highest BCUT2D eigenvalue weighted by atomic mass is 79.9. The van der Waals surface area contributed by atoms with Crippen LogP contribution in [0.1, 0.15) is 36.0 Å². The Morgan fingerprint density at radius 3 is 2.55 bits per heavy atom. The molecule has 1 aromatic carbocycles. The second-order valence-electron chi connectivity index (χ2n) is 5.67. The molecule has 5 heteroatoms. The van der Waals surface area contributed by atoms with Gasteiger partial charge < -0.3 is 5.32 Å². The van der Waals surface area contributed by atoms with Crippen LogP contribution in [0.2, 0.25) is 0 Å². The average Bonchev–Trinajstić information content (AvgIpc) is 2.86. The minimum atomic E-state index is -0.120. The van der Waals surface area contributed by atoms with E-state index in [0.717, 1.165) is 27.2 Å². The topological polar surface area (TPSA) is 42.0 Å². The van der Waals surface area contributed by atoms with Gasteiger partial charge in [-0.2, -0.15) is 0 Å². The van der Waals surface area contributed by atoms with Crippen LogP contribution >= 0.6 is 27.3 Å². The van der Waals surface area contributed by atoms with E-state index in [-0.39, 0.29) is 17.7 Å². The Morgan fingerprint density at radius 1 is 1.32 bits per heavy atom. The number of carbonyl (C=O) groups is 1. The van der Waals surface area contributed by atoms with E-state index < -0.39 is 0 Å². The monoisotopic (exact) mass is 380 g/mol. The van der Waals surface area contributed by atoms with E-state index in [1.807, 2.05) is 31.2 Å². The maximum Gasteiger partial charge on any atom is 0.227 e. The number of halogens is 1. The lowest BCUT2D eigenvalue weighted by Crippen LogP contribution is -2.33. The van der Waals surface area contributed by atoms with Crippen molar-refractivity contribution in [3.63, 3.8) is 0 Å². The van der Waals surface area contributed by atoms with Crippen molar-refractivity contribution in [3.05, 3.63) is 50.4 Å². The number of nitrogens with zero attached hydrogens (tertiary/aromatic N) is 1. The fraction of sp³-hybridized carbons (Fsp3) is 0.412. The summed E-state index contributed by atoms with van der Waals surface area (Å²) in [4.78, 5) is 16.9. The molecule has 0 aliphatic rings. The summed E-state index contributed by atoms with van der Waals surface area (Å²) in [5.74, 6) is 0.220. The van der Waals surface area contributed by atoms with Crippen molar-refractivity contribution >= 4 is 33.2 Å². The van der Waals surface area contributed by atoms with Gasteiger partial charge in [-0.05, 0) is 30.5 Å². The van der Waals surface area contributed by atoms with Crippen LogP contribution in [0.25, 0.3) is 0 Å². The normalized spacial score (nSPS) is 12.4. The lowest BCUT2D eigenvalue weighted by molar-refractivity contribution is -0.123. The van der Waals surface area contributed by atoms with Gasteiger partial charge in [0.25, 0.3) is 0 Å². The third-order valence-corrected chi connectivity index (χ3v) is 4.88. The number of aryl methyl sites for hydroxylation is 1. The molecule has 118 valence electrons. The van der Waals surface area contributed by atoms with Gasteiger partial charge in [0.2, 0.25) is 5.91 Å². The average molecular weight is 381 g/mol. The molecular formula is C17H21BrN2OS. The Bertz CT molecular complexity index is 622. The quantitative estimate of drug-likeness (QED) is 0.810. The van der Waals surface area contributed by atoms with Crippen molar-refractivity contribution in [2.45, 2.75) is 33.1 Å². The van der Waals surface area contributed by atoms with E-state index in [1.54, 1.807) is 11.3 Å². The third-order valence-electron chi connectivity index (χ3n) is 3.53. The van der Waals surface area contributed by atoms with Gasteiger partial charge >= 0.3 is 0 Å². The first-order valence-corrected chi connectivity index (χ1v) is 9.09. The largest absolute Gasteiger partial charge is 0.355 e. The van der Waals surface area contributed by atoms with Crippen molar-refractivity contribution in [2.75, 3.05) is 6.54 Å². The van der Waals surface area contributed by atoms with Crippen LogP contribution in [0.4, 0.5) is 0 Å². The molecule has 0 fully saturated rings. The first-order valence-electron chi connectivity index (χ1n) is 7.41. The number of benzene rings is 1. The first kappa shape index (κ1) is 17.2. The van der Waals surface area contributed by atoms with Crippen LogP contribution in [0.15, 0.2) is 34.1 Å². The molecule has 1 unspecified atom stereocenters. The zero-order valence-corrected chi connectivity index (χ0v) is 15.5. The molecule has 0 saturated carbocycles. The third kappa shape index (κ3) is 4.65. The fourth-order valence-electron chi connectivity index (χ4n) is 2.46. The molecule has 1 atom stereocenters. The Kier molecular flexibility index (Phi) is 6.15. The van der Waals surface area contributed by atoms with Crippen molar-refractivity contribution in [2.24, 2.45) is 5.92 Å². The van der Waals surface area contributed by atoms with E-state index in [9.17, 15) is 4.79 Å². The summed E-state index contributed by atoms with van der Waals surface area (Å²) in [5.41, 5.74) is 2.10. The molecule has 0 aliphatic carbocycles. The number of hydrogen-bond acceptors (Lipinski definition) is 3. The summed E-state index contributed by atoms with van der Waals surface area (Å²) in [6.07, 6.45) is 0.779. The van der Waals surface area contributed by atoms with Crippen LogP contribution in [-0.2, 0) is 11.2 Å². The minimum absolute atomic E-state index is 0.0873. The summed E-state index contributed by atoms with van der Waals surface area (Å²) in [6.45, 7) is 6.78. The number of carbonyl (C=O) groups excluding carboxylic acids is 1. The van der Waals surface area contributed by atoms with Crippen LogP contribution in [0, 0.1) is 12.8 Å². The van der Waals surface area contributed by atoms with Gasteiger partial charge in [-0.25, -0.2) is 4.98 Å². The van der Waals surface area contributed by atoms with Gasteiger partial charge in [0.15, 0.2) is 0 Å². The summed E-state index contributed by atoms with van der Waals surface area (Å²) in [5, 5.41) is 6.17. The van der Waals surface area contributed by atoms with E-state index in [2.05, 4.69) is 45.5 Å². The van der Waals surface area contributed by atoms with Crippen LogP contribution in [-0.4, -0.2) is 17.4 Å². The number of amides is 1. The number of aromatic nitrogens is 1. The molecule has 0 bridgehead atoms. The molecule has 1 N–H and O–H groups in total. The fourth-order valence-corrected chi connectivity index (χ4v) is 3.37. The Hall–Kier alpha value is -1.20. The second kappa shape index (κ2) is 7.88. The van der Waals surface area contributed by atoms with Crippen molar-refractivity contribution < 1.29 is 4.79 Å². The standard InChI is InChI=1S/C17H21BrN2OS/c1-11(2)16(13-4-6-14(18)7-5-13)17(21)19-9-8-15-10-22-12(3)20-15/h4-7,10-11,16H,8-9H2,1-3H3,(H,19,21). The van der Waals surface area contributed by atoms with Gasteiger partial charge in [0.1, 0.15) is 0 Å². The molecule has 0 radical (unpaired) electrons. The molecule has 2 aromatic rings. The molecular weight excluding hydrogens is 360 g/mol. The molecule has 2 rings (SSSR count). The lowest BCUT2D eigenvalue weighted by atomic mass is 9.87. The summed E-state index contributed by atoms with van der Waals surface area (Å²) >= 11 is 5.08. The predicted octanol–water partition coefficient (Wildman–Crippen LogP) is 4.31. The molecule has 1 aromatic heterocycles. The minimum Gasteiger partial charge on any atom is -0.355 e. The van der Waals surface area contributed by atoms with Crippen molar-refractivity contribution in [3.8, 4) is 0 Å². The number of rotatable bonds is 6. The summed E-state index contributed by atoms with van der Waals surface area (Å²) in [6, 6.07) is 7.99. The van der Waals surface area contributed by atoms with Crippen molar-refractivity contribution in [1.82, 2.24) is 10.3 Å². The molecule has 0 spiro atoms. The highest BCUT2D eigenvalue weighted by Gasteiger charge is 2.23. The first-order chi connectivity index (χ1) is 10.5. The zero-order chi connectivity index (χ0) is 16.1. The van der Waals surface area contributed by atoms with Gasteiger partial charge in [-0.1, -0.05) is 41.9 Å². The Morgan fingerprint density at radius 2 is 2.00 bits per heavy atom.